The molecule has 4 N–H and O–H groups in total. The minimum Gasteiger partial charge on any atom is -0.402 e. The van der Waals surface area contributed by atoms with E-state index in [1.54, 1.807) is 17.4 Å². The molecule has 2 amide bonds. The first kappa shape index (κ1) is 21.1. The molecule has 1 aromatic heterocycles. The molecule has 0 unspecified atom stereocenters. The Labute approximate surface area is 180 Å². The van der Waals surface area contributed by atoms with E-state index in [0.717, 1.165) is 27.4 Å². The molecular weight excluding hydrogens is 392 g/mol. The van der Waals surface area contributed by atoms with E-state index in [9.17, 15) is 4.79 Å². The molecular formula is C24H24N4OS. The molecule has 0 aliphatic heterocycles. The molecule has 3 aromatic rings. The van der Waals surface area contributed by atoms with Gasteiger partial charge in [-0.1, -0.05) is 43.0 Å². The number of benzene rings is 2. The fourth-order valence-electron chi connectivity index (χ4n) is 2.89. The first-order chi connectivity index (χ1) is 14.4. The van der Waals surface area contributed by atoms with Crippen LogP contribution < -0.4 is 16.4 Å². The lowest BCUT2D eigenvalue weighted by atomic mass is 10.0. The fraction of sp³-hybridized carbons (Fsp3) is 0.0833. The molecule has 3 rings (SSSR count). The summed E-state index contributed by atoms with van der Waals surface area (Å²) >= 11 is 1.60. The van der Waals surface area contributed by atoms with Crippen LogP contribution in [0.15, 0.2) is 84.4 Å². The van der Waals surface area contributed by atoms with Crippen LogP contribution in [0.5, 0.6) is 0 Å². The summed E-state index contributed by atoms with van der Waals surface area (Å²) in [4.78, 5) is 16.9. The van der Waals surface area contributed by atoms with Crippen molar-refractivity contribution in [3.05, 3.63) is 95.0 Å². The highest BCUT2D eigenvalue weighted by molar-refractivity contribution is 7.09. The molecule has 0 saturated carbocycles. The first-order valence-corrected chi connectivity index (χ1v) is 10.3. The molecule has 0 fully saturated rings. The number of carbonyl (C=O) groups excluding carboxylic acids is 1. The maximum Gasteiger partial charge on any atom is 0.323 e. The van der Waals surface area contributed by atoms with Gasteiger partial charge in [-0.25, -0.2) is 9.78 Å². The fourth-order valence-corrected chi connectivity index (χ4v) is 3.51. The van der Waals surface area contributed by atoms with E-state index in [4.69, 9.17) is 5.73 Å². The number of amides is 2. The molecule has 30 heavy (non-hydrogen) atoms. The highest BCUT2D eigenvalue weighted by Gasteiger charge is 2.07. The van der Waals surface area contributed by atoms with Gasteiger partial charge in [0.2, 0.25) is 0 Å². The first-order valence-electron chi connectivity index (χ1n) is 9.42. The van der Waals surface area contributed by atoms with Gasteiger partial charge >= 0.3 is 6.03 Å². The van der Waals surface area contributed by atoms with E-state index >= 15 is 0 Å². The Morgan fingerprint density at radius 3 is 2.50 bits per heavy atom. The van der Waals surface area contributed by atoms with Crippen molar-refractivity contribution in [3.63, 3.8) is 0 Å². The molecule has 0 aliphatic carbocycles. The topological polar surface area (TPSA) is 80.0 Å². The molecule has 0 aliphatic rings. The van der Waals surface area contributed by atoms with E-state index in [-0.39, 0.29) is 6.03 Å². The lowest BCUT2D eigenvalue weighted by molar-refractivity contribution is 0.262. The van der Waals surface area contributed by atoms with Gasteiger partial charge < -0.3 is 16.4 Å². The SMILES string of the molecule is C=C/C=C(\C=C(\C)N)c1ccc(NC(=O)Nc2cccc(-c3csc(C)n3)c2)cc1. The molecule has 1 heterocycles. The average Bonchev–Trinajstić information content (AvgIpc) is 3.14. The molecule has 0 saturated heterocycles. The van der Waals surface area contributed by atoms with Gasteiger partial charge in [-0.2, -0.15) is 0 Å². The number of hydrogen-bond donors (Lipinski definition) is 3. The second-order valence-corrected chi connectivity index (χ2v) is 7.80. The summed E-state index contributed by atoms with van der Waals surface area (Å²) in [5, 5.41) is 8.73. The number of urea groups is 1. The van der Waals surface area contributed by atoms with Crippen LogP contribution in [0.4, 0.5) is 16.2 Å². The number of nitrogens with zero attached hydrogens (tertiary/aromatic N) is 1. The minimum absolute atomic E-state index is 0.311. The van der Waals surface area contributed by atoms with Gasteiger partial charge in [-0.15, -0.1) is 11.3 Å². The largest absolute Gasteiger partial charge is 0.402 e. The number of nitrogens with two attached hydrogens (primary N) is 1. The van der Waals surface area contributed by atoms with Gasteiger partial charge in [-0.3, -0.25) is 0 Å². The van der Waals surface area contributed by atoms with Crippen molar-refractivity contribution in [2.24, 2.45) is 5.73 Å². The van der Waals surface area contributed by atoms with Crippen LogP contribution in [-0.4, -0.2) is 11.0 Å². The van der Waals surface area contributed by atoms with Crippen molar-refractivity contribution in [2.75, 3.05) is 10.6 Å². The Hall–Kier alpha value is -3.64. The summed E-state index contributed by atoms with van der Waals surface area (Å²) in [6.45, 7) is 7.55. The Kier molecular flexibility index (Phi) is 6.83. The third-order valence-corrected chi connectivity index (χ3v) is 4.97. The maximum absolute atomic E-state index is 12.4. The smallest absolute Gasteiger partial charge is 0.323 e. The minimum atomic E-state index is -0.311. The third-order valence-electron chi connectivity index (χ3n) is 4.19. The maximum atomic E-state index is 12.4. The molecule has 6 heteroatoms. The Bertz CT molecular complexity index is 1110. The average molecular weight is 417 g/mol. The predicted octanol–water partition coefficient (Wildman–Crippen LogP) is 6.19. The van der Waals surface area contributed by atoms with Crippen LogP contribution in [0.1, 0.15) is 17.5 Å². The highest BCUT2D eigenvalue weighted by Crippen LogP contribution is 2.24. The van der Waals surface area contributed by atoms with Gasteiger partial charge in [0.05, 0.1) is 10.7 Å². The van der Waals surface area contributed by atoms with Gasteiger partial charge in [0.25, 0.3) is 0 Å². The molecule has 2 aromatic carbocycles. The summed E-state index contributed by atoms with van der Waals surface area (Å²) < 4.78 is 0. The van der Waals surface area contributed by atoms with Crippen molar-refractivity contribution in [1.29, 1.82) is 0 Å². The number of aromatic nitrogens is 1. The van der Waals surface area contributed by atoms with Crippen molar-refractivity contribution in [1.82, 2.24) is 4.98 Å². The lowest BCUT2D eigenvalue weighted by Crippen LogP contribution is -2.19. The molecule has 0 bridgehead atoms. The van der Waals surface area contributed by atoms with Crippen LogP contribution in [0.3, 0.4) is 0 Å². The van der Waals surface area contributed by atoms with Crippen molar-refractivity contribution in [2.45, 2.75) is 13.8 Å². The lowest BCUT2D eigenvalue weighted by Gasteiger charge is -2.10. The van der Waals surface area contributed by atoms with Crippen LogP contribution in [0.2, 0.25) is 0 Å². The highest BCUT2D eigenvalue weighted by atomic mass is 32.1. The van der Waals surface area contributed by atoms with E-state index in [1.807, 2.05) is 79.9 Å². The standard InChI is InChI=1S/C24H24N4OS/c1-4-6-19(13-16(2)25)18-9-11-21(12-10-18)27-24(29)28-22-8-5-7-20(14-22)23-15-30-17(3)26-23/h4-15H,1,25H2,2-3H3,(H2,27,28,29)/b16-13-,19-6+. The summed E-state index contributed by atoms with van der Waals surface area (Å²) in [5.41, 5.74) is 11.7. The summed E-state index contributed by atoms with van der Waals surface area (Å²) in [6.07, 6.45) is 5.49. The quantitative estimate of drug-likeness (QED) is 0.419. The number of rotatable bonds is 6. The Morgan fingerprint density at radius 2 is 1.87 bits per heavy atom. The molecule has 0 spiro atoms. The van der Waals surface area contributed by atoms with Crippen molar-refractivity contribution in [3.8, 4) is 11.3 Å². The van der Waals surface area contributed by atoms with E-state index in [1.165, 1.54) is 0 Å². The zero-order chi connectivity index (χ0) is 21.5. The van der Waals surface area contributed by atoms with Gasteiger partial charge in [-0.05, 0) is 55.3 Å². The number of nitrogens with one attached hydrogen (secondary N) is 2. The number of aryl methyl sites for hydroxylation is 1. The third kappa shape index (κ3) is 5.68. The van der Waals surface area contributed by atoms with E-state index < -0.39 is 0 Å². The second-order valence-electron chi connectivity index (χ2n) is 6.74. The number of allylic oxidation sites excluding steroid dienone is 5. The molecule has 0 radical (unpaired) electrons. The second kappa shape index (κ2) is 9.71. The van der Waals surface area contributed by atoms with Crippen LogP contribution in [-0.2, 0) is 0 Å². The summed E-state index contributed by atoms with van der Waals surface area (Å²) in [6, 6.07) is 14.9. The summed E-state index contributed by atoms with van der Waals surface area (Å²) in [7, 11) is 0. The van der Waals surface area contributed by atoms with Gasteiger partial charge in [0.1, 0.15) is 0 Å². The Morgan fingerprint density at radius 1 is 1.13 bits per heavy atom. The van der Waals surface area contributed by atoms with Gasteiger partial charge in [0, 0.05) is 28.0 Å². The number of carbonyl (C=O) groups is 1. The number of hydrogen-bond acceptors (Lipinski definition) is 4. The molecule has 152 valence electrons. The van der Waals surface area contributed by atoms with Gasteiger partial charge in [0.15, 0.2) is 0 Å². The van der Waals surface area contributed by atoms with E-state index in [2.05, 4.69) is 22.2 Å². The molecule has 5 nitrogen and oxygen atoms in total. The zero-order valence-electron chi connectivity index (χ0n) is 17.0. The number of anilines is 2. The normalized spacial score (nSPS) is 11.8. The van der Waals surface area contributed by atoms with Crippen molar-refractivity contribution < 1.29 is 4.79 Å². The van der Waals surface area contributed by atoms with Crippen molar-refractivity contribution >= 4 is 34.3 Å². The van der Waals surface area contributed by atoms with E-state index in [0.29, 0.717) is 17.1 Å². The monoisotopic (exact) mass is 416 g/mol. The molecule has 0 atom stereocenters. The number of thiazole rings is 1. The van der Waals surface area contributed by atoms with Crippen LogP contribution in [0, 0.1) is 6.92 Å². The Balaban J connectivity index is 1.67. The summed E-state index contributed by atoms with van der Waals surface area (Å²) in [5.74, 6) is 0. The predicted molar refractivity (Wildman–Crippen MR) is 127 cm³/mol. The van der Waals surface area contributed by atoms with Crippen LogP contribution >= 0.6 is 11.3 Å². The zero-order valence-corrected chi connectivity index (χ0v) is 17.8. The van der Waals surface area contributed by atoms with Crippen LogP contribution in [0.25, 0.3) is 16.8 Å².